The van der Waals surface area contributed by atoms with E-state index in [4.69, 9.17) is 5.73 Å². The van der Waals surface area contributed by atoms with Crippen LogP contribution in [-0.2, 0) is 0 Å². The Morgan fingerprint density at radius 3 is 3.00 bits per heavy atom. The first-order valence-electron chi connectivity index (χ1n) is 4.15. The fourth-order valence-corrected chi connectivity index (χ4v) is 1.03. The monoisotopic (exact) mass is 179 g/mol. The van der Waals surface area contributed by atoms with Crippen LogP contribution in [0.2, 0.25) is 0 Å². The third kappa shape index (κ3) is 2.18. The summed E-state index contributed by atoms with van der Waals surface area (Å²) in [5.41, 5.74) is 7.26. The summed E-state index contributed by atoms with van der Waals surface area (Å²) in [7, 11) is 0. The molecule has 3 N–H and O–H groups in total. The zero-order valence-electron chi connectivity index (χ0n) is 7.79. The Bertz CT molecular complexity index is 323. The molecule has 1 heterocycles. The van der Waals surface area contributed by atoms with E-state index < -0.39 is 0 Å². The van der Waals surface area contributed by atoms with Crippen molar-refractivity contribution in [2.75, 3.05) is 12.3 Å². The zero-order chi connectivity index (χ0) is 9.84. The Morgan fingerprint density at radius 1 is 1.69 bits per heavy atom. The second-order valence-corrected chi connectivity index (χ2v) is 2.76. The molecule has 0 unspecified atom stereocenters. The number of nitrogens with two attached hydrogens (primary N) is 1. The second-order valence-electron chi connectivity index (χ2n) is 2.76. The van der Waals surface area contributed by atoms with E-state index in [0.29, 0.717) is 23.5 Å². The van der Waals surface area contributed by atoms with Crippen molar-refractivity contribution in [1.29, 1.82) is 0 Å². The first-order chi connectivity index (χ1) is 6.15. The molecule has 0 aliphatic heterocycles. The molecule has 1 amide bonds. The van der Waals surface area contributed by atoms with Crippen LogP contribution < -0.4 is 11.1 Å². The van der Waals surface area contributed by atoms with E-state index >= 15 is 0 Å². The minimum Gasteiger partial charge on any atom is -0.397 e. The van der Waals surface area contributed by atoms with E-state index in [2.05, 4.69) is 10.3 Å². The van der Waals surface area contributed by atoms with Crippen LogP contribution >= 0.6 is 0 Å². The molecular formula is C9H13N3O. The lowest BCUT2D eigenvalue weighted by Gasteiger charge is -2.05. The summed E-state index contributed by atoms with van der Waals surface area (Å²) in [6, 6.07) is 1.63. The first-order valence-corrected chi connectivity index (χ1v) is 4.15. The molecule has 0 saturated heterocycles. The minimum atomic E-state index is -0.125. The van der Waals surface area contributed by atoms with Crippen LogP contribution in [0.15, 0.2) is 12.3 Å². The molecule has 0 bridgehead atoms. The molecule has 4 nitrogen and oxygen atoms in total. The lowest BCUT2D eigenvalue weighted by atomic mass is 10.2. The van der Waals surface area contributed by atoms with Crippen molar-refractivity contribution in [1.82, 2.24) is 10.3 Å². The maximum absolute atomic E-state index is 11.4. The molecule has 0 saturated carbocycles. The van der Waals surface area contributed by atoms with Gasteiger partial charge in [-0.15, -0.1) is 0 Å². The molecular weight excluding hydrogens is 166 g/mol. The molecule has 1 aromatic rings. The maximum Gasteiger partial charge on any atom is 0.253 e. The van der Waals surface area contributed by atoms with E-state index in [-0.39, 0.29) is 5.91 Å². The lowest BCUT2D eigenvalue weighted by Crippen LogP contribution is -2.23. The van der Waals surface area contributed by atoms with Crippen LogP contribution in [0.3, 0.4) is 0 Å². The average Bonchev–Trinajstić information content (AvgIpc) is 2.09. The van der Waals surface area contributed by atoms with Crippen molar-refractivity contribution in [2.45, 2.75) is 13.8 Å². The molecule has 4 heteroatoms. The van der Waals surface area contributed by atoms with Crippen LogP contribution in [0.5, 0.6) is 0 Å². The highest BCUT2D eigenvalue weighted by Gasteiger charge is 2.08. The number of nitrogens with one attached hydrogen (secondary N) is 1. The number of hydrogen-bond acceptors (Lipinski definition) is 3. The van der Waals surface area contributed by atoms with Crippen LogP contribution in [0.4, 0.5) is 5.69 Å². The van der Waals surface area contributed by atoms with E-state index in [1.165, 1.54) is 6.20 Å². The molecule has 0 fully saturated rings. The standard InChI is InChI=1S/C9H13N3O/c1-3-11-9(13)8-4-7(10)5-12-6(8)2/h4-5H,3,10H2,1-2H3,(H,11,13). The number of anilines is 1. The van der Waals surface area contributed by atoms with Gasteiger partial charge in [0.1, 0.15) is 0 Å². The summed E-state index contributed by atoms with van der Waals surface area (Å²) in [6.45, 7) is 4.25. The summed E-state index contributed by atoms with van der Waals surface area (Å²) in [6.07, 6.45) is 1.54. The number of pyridine rings is 1. The van der Waals surface area contributed by atoms with Gasteiger partial charge in [0.25, 0.3) is 5.91 Å². The van der Waals surface area contributed by atoms with Gasteiger partial charge in [-0.05, 0) is 19.9 Å². The van der Waals surface area contributed by atoms with Gasteiger partial charge in [0.05, 0.1) is 23.1 Å². The Kier molecular flexibility index (Phi) is 2.84. The molecule has 0 atom stereocenters. The lowest BCUT2D eigenvalue weighted by molar-refractivity contribution is 0.0955. The number of rotatable bonds is 2. The Hall–Kier alpha value is -1.58. The summed E-state index contributed by atoms with van der Waals surface area (Å²) < 4.78 is 0. The van der Waals surface area contributed by atoms with Crippen molar-refractivity contribution in [3.63, 3.8) is 0 Å². The minimum absolute atomic E-state index is 0.125. The Balaban J connectivity index is 2.99. The molecule has 0 aliphatic carbocycles. The highest BCUT2D eigenvalue weighted by molar-refractivity contribution is 5.95. The number of amides is 1. The van der Waals surface area contributed by atoms with Gasteiger partial charge in [0.2, 0.25) is 0 Å². The van der Waals surface area contributed by atoms with Crippen molar-refractivity contribution in [3.8, 4) is 0 Å². The van der Waals surface area contributed by atoms with Crippen LogP contribution in [-0.4, -0.2) is 17.4 Å². The number of carbonyl (C=O) groups excluding carboxylic acids is 1. The van der Waals surface area contributed by atoms with E-state index in [1.807, 2.05) is 6.92 Å². The van der Waals surface area contributed by atoms with Gasteiger partial charge in [-0.3, -0.25) is 9.78 Å². The number of nitrogens with zero attached hydrogens (tertiary/aromatic N) is 1. The molecule has 0 spiro atoms. The molecule has 13 heavy (non-hydrogen) atoms. The Labute approximate surface area is 77.2 Å². The normalized spacial score (nSPS) is 9.69. The van der Waals surface area contributed by atoms with E-state index in [0.717, 1.165) is 0 Å². The zero-order valence-corrected chi connectivity index (χ0v) is 7.79. The topological polar surface area (TPSA) is 68.0 Å². The van der Waals surface area contributed by atoms with Crippen LogP contribution in [0, 0.1) is 6.92 Å². The summed E-state index contributed by atoms with van der Waals surface area (Å²) in [5, 5.41) is 2.70. The van der Waals surface area contributed by atoms with Crippen molar-refractivity contribution < 1.29 is 4.79 Å². The van der Waals surface area contributed by atoms with Gasteiger partial charge in [-0.25, -0.2) is 0 Å². The SMILES string of the molecule is CCNC(=O)c1cc(N)cnc1C. The summed E-state index contributed by atoms with van der Waals surface area (Å²) >= 11 is 0. The molecule has 0 aliphatic rings. The van der Waals surface area contributed by atoms with E-state index in [9.17, 15) is 4.79 Å². The number of nitrogen functional groups attached to an aromatic ring is 1. The smallest absolute Gasteiger partial charge is 0.253 e. The van der Waals surface area contributed by atoms with E-state index in [1.54, 1.807) is 13.0 Å². The van der Waals surface area contributed by atoms with Crippen molar-refractivity contribution in [2.24, 2.45) is 0 Å². The highest BCUT2D eigenvalue weighted by Crippen LogP contribution is 2.08. The quantitative estimate of drug-likeness (QED) is 0.703. The van der Waals surface area contributed by atoms with Crippen molar-refractivity contribution in [3.05, 3.63) is 23.5 Å². The first kappa shape index (κ1) is 9.51. The van der Waals surface area contributed by atoms with Gasteiger partial charge < -0.3 is 11.1 Å². The number of aromatic nitrogens is 1. The second kappa shape index (κ2) is 3.89. The summed E-state index contributed by atoms with van der Waals surface area (Å²) in [5.74, 6) is -0.125. The molecule has 1 rings (SSSR count). The highest BCUT2D eigenvalue weighted by atomic mass is 16.1. The maximum atomic E-state index is 11.4. The predicted molar refractivity (Wildman–Crippen MR) is 51.4 cm³/mol. The van der Waals surface area contributed by atoms with Gasteiger partial charge >= 0.3 is 0 Å². The third-order valence-electron chi connectivity index (χ3n) is 1.69. The van der Waals surface area contributed by atoms with Crippen molar-refractivity contribution >= 4 is 11.6 Å². The largest absolute Gasteiger partial charge is 0.397 e. The molecule has 0 radical (unpaired) electrons. The van der Waals surface area contributed by atoms with Gasteiger partial charge in [0, 0.05) is 6.54 Å². The number of hydrogen-bond donors (Lipinski definition) is 2. The average molecular weight is 179 g/mol. The number of carbonyl (C=O) groups is 1. The fourth-order valence-electron chi connectivity index (χ4n) is 1.03. The van der Waals surface area contributed by atoms with Gasteiger partial charge in [-0.1, -0.05) is 0 Å². The van der Waals surface area contributed by atoms with Crippen LogP contribution in [0.25, 0.3) is 0 Å². The molecule has 0 aromatic carbocycles. The molecule has 70 valence electrons. The molecule has 1 aromatic heterocycles. The van der Waals surface area contributed by atoms with Crippen LogP contribution in [0.1, 0.15) is 23.0 Å². The number of aryl methyl sites for hydroxylation is 1. The Morgan fingerprint density at radius 2 is 2.38 bits per heavy atom. The summed E-state index contributed by atoms with van der Waals surface area (Å²) in [4.78, 5) is 15.4. The third-order valence-corrected chi connectivity index (χ3v) is 1.69. The van der Waals surface area contributed by atoms with Gasteiger partial charge in [-0.2, -0.15) is 0 Å². The van der Waals surface area contributed by atoms with Gasteiger partial charge in [0.15, 0.2) is 0 Å². The predicted octanol–water partition coefficient (Wildman–Crippen LogP) is 0.722. The fraction of sp³-hybridized carbons (Fsp3) is 0.333.